The highest BCUT2D eigenvalue weighted by molar-refractivity contribution is 7.89. The number of hydrazine groups is 1. The van der Waals surface area contributed by atoms with Gasteiger partial charge in [0.2, 0.25) is 10.0 Å². The Morgan fingerprint density at radius 2 is 1.76 bits per heavy atom. The van der Waals surface area contributed by atoms with Crippen LogP contribution in [0, 0.1) is 0 Å². The summed E-state index contributed by atoms with van der Waals surface area (Å²) in [5.41, 5.74) is 0. The smallest absolute Gasteiger partial charge is 0.225 e. The number of rotatable bonds is 7. The Hall–Kier alpha value is -0.210. The van der Waals surface area contributed by atoms with E-state index in [1.165, 1.54) is 0 Å². The molecule has 1 aliphatic rings. The first-order chi connectivity index (χ1) is 8.03. The molecule has 102 valence electrons. The van der Waals surface area contributed by atoms with Crippen molar-refractivity contribution in [2.75, 3.05) is 52.1 Å². The highest BCUT2D eigenvalue weighted by atomic mass is 32.2. The minimum Gasteiger partial charge on any atom is -0.316 e. The predicted octanol–water partition coefficient (Wildman–Crippen LogP) is -0.932. The summed E-state index contributed by atoms with van der Waals surface area (Å²) in [6.45, 7) is 6.73. The summed E-state index contributed by atoms with van der Waals surface area (Å²) in [7, 11) is -1.14. The van der Waals surface area contributed by atoms with Gasteiger partial charge in [0.1, 0.15) is 0 Å². The molecule has 1 heterocycles. The van der Waals surface area contributed by atoms with Gasteiger partial charge in [0, 0.05) is 32.7 Å². The average molecular weight is 264 g/mol. The lowest BCUT2D eigenvalue weighted by molar-refractivity contribution is 0.135. The van der Waals surface area contributed by atoms with Crippen molar-refractivity contribution in [1.29, 1.82) is 0 Å². The van der Waals surface area contributed by atoms with Crippen molar-refractivity contribution in [1.82, 2.24) is 20.1 Å². The SMILES string of the molecule is CCCNCCS(=O)(=O)NN1CCN(C)CC1. The van der Waals surface area contributed by atoms with Gasteiger partial charge in [-0.25, -0.2) is 13.4 Å². The van der Waals surface area contributed by atoms with E-state index >= 15 is 0 Å². The second-order valence-electron chi connectivity index (χ2n) is 4.45. The summed E-state index contributed by atoms with van der Waals surface area (Å²) < 4.78 is 23.5. The number of hydrogen-bond acceptors (Lipinski definition) is 5. The molecule has 1 fully saturated rings. The Labute approximate surface area is 104 Å². The minimum atomic E-state index is -3.18. The maximum atomic E-state index is 11.7. The zero-order chi connectivity index (χ0) is 12.7. The zero-order valence-electron chi connectivity index (χ0n) is 10.8. The van der Waals surface area contributed by atoms with Crippen LogP contribution >= 0.6 is 0 Å². The molecular weight excluding hydrogens is 240 g/mol. The van der Waals surface area contributed by atoms with Crippen LogP contribution in [0.3, 0.4) is 0 Å². The molecule has 1 rings (SSSR count). The Morgan fingerprint density at radius 3 is 2.35 bits per heavy atom. The number of likely N-dealkylation sites (N-methyl/N-ethyl adjacent to an activating group) is 1. The molecule has 0 aliphatic carbocycles. The van der Waals surface area contributed by atoms with Gasteiger partial charge < -0.3 is 10.2 Å². The van der Waals surface area contributed by atoms with Gasteiger partial charge in [0.05, 0.1) is 5.75 Å². The number of sulfonamides is 1. The summed E-state index contributed by atoms with van der Waals surface area (Å²) in [6, 6.07) is 0. The van der Waals surface area contributed by atoms with Crippen molar-refractivity contribution >= 4 is 10.0 Å². The first-order valence-electron chi connectivity index (χ1n) is 6.18. The standard InChI is InChI=1S/C10H24N4O2S/c1-3-4-11-5-10-17(15,16)12-14-8-6-13(2)7-9-14/h11-12H,3-10H2,1-2H3. The molecule has 0 radical (unpaired) electrons. The molecule has 0 aromatic heterocycles. The molecule has 0 spiro atoms. The van der Waals surface area contributed by atoms with Crippen LogP contribution in [0.1, 0.15) is 13.3 Å². The van der Waals surface area contributed by atoms with Crippen molar-refractivity contribution in [2.45, 2.75) is 13.3 Å². The fourth-order valence-corrected chi connectivity index (χ4v) is 2.73. The Morgan fingerprint density at radius 1 is 1.12 bits per heavy atom. The Kier molecular flexibility index (Phi) is 6.35. The van der Waals surface area contributed by atoms with Crippen molar-refractivity contribution < 1.29 is 8.42 Å². The lowest BCUT2D eigenvalue weighted by atomic mass is 10.4. The number of piperazine rings is 1. The molecule has 0 amide bonds. The van der Waals surface area contributed by atoms with Gasteiger partial charge in [0.15, 0.2) is 0 Å². The lowest BCUT2D eigenvalue weighted by Gasteiger charge is -2.32. The summed E-state index contributed by atoms with van der Waals surface area (Å²) in [6.07, 6.45) is 1.02. The monoisotopic (exact) mass is 264 g/mol. The third-order valence-corrected chi connectivity index (χ3v) is 4.02. The highest BCUT2D eigenvalue weighted by Crippen LogP contribution is 1.97. The van der Waals surface area contributed by atoms with Crippen molar-refractivity contribution in [3.05, 3.63) is 0 Å². The molecule has 1 aliphatic heterocycles. The quantitative estimate of drug-likeness (QED) is 0.582. The van der Waals surface area contributed by atoms with Crippen LogP contribution < -0.4 is 10.1 Å². The van der Waals surface area contributed by atoms with Crippen LogP contribution in [0.5, 0.6) is 0 Å². The van der Waals surface area contributed by atoms with Gasteiger partial charge in [-0.3, -0.25) is 0 Å². The van der Waals surface area contributed by atoms with Crippen LogP contribution in [0.2, 0.25) is 0 Å². The molecule has 0 unspecified atom stereocenters. The van der Waals surface area contributed by atoms with E-state index in [0.717, 1.165) is 39.1 Å². The molecule has 0 saturated carbocycles. The van der Waals surface area contributed by atoms with E-state index in [2.05, 4.69) is 22.0 Å². The van der Waals surface area contributed by atoms with Gasteiger partial charge in [-0.15, -0.1) is 4.83 Å². The van der Waals surface area contributed by atoms with Crippen LogP contribution in [-0.2, 0) is 10.0 Å². The largest absolute Gasteiger partial charge is 0.316 e. The van der Waals surface area contributed by atoms with E-state index in [1.54, 1.807) is 5.01 Å². The first kappa shape index (κ1) is 14.8. The van der Waals surface area contributed by atoms with E-state index in [4.69, 9.17) is 0 Å². The third kappa shape index (κ3) is 6.32. The Balaban J connectivity index is 2.24. The molecule has 0 bridgehead atoms. The second-order valence-corrected chi connectivity index (χ2v) is 6.27. The molecule has 6 nitrogen and oxygen atoms in total. The van der Waals surface area contributed by atoms with Crippen molar-refractivity contribution in [3.63, 3.8) is 0 Å². The summed E-state index contributed by atoms with van der Waals surface area (Å²) in [4.78, 5) is 4.82. The van der Waals surface area contributed by atoms with Crippen LogP contribution in [-0.4, -0.2) is 70.4 Å². The summed E-state index contributed by atoms with van der Waals surface area (Å²) in [5, 5.41) is 4.88. The first-order valence-corrected chi connectivity index (χ1v) is 7.83. The molecule has 2 N–H and O–H groups in total. The van der Waals surface area contributed by atoms with Gasteiger partial charge in [-0.2, -0.15) is 0 Å². The van der Waals surface area contributed by atoms with Crippen molar-refractivity contribution in [2.24, 2.45) is 0 Å². The van der Waals surface area contributed by atoms with Gasteiger partial charge in [0.25, 0.3) is 0 Å². The average Bonchev–Trinajstić information content (AvgIpc) is 2.27. The number of nitrogens with zero attached hydrogens (tertiary/aromatic N) is 2. The topological polar surface area (TPSA) is 64.7 Å². The molecule has 0 atom stereocenters. The van der Waals surface area contributed by atoms with Gasteiger partial charge in [-0.05, 0) is 20.0 Å². The van der Waals surface area contributed by atoms with Gasteiger partial charge >= 0.3 is 0 Å². The maximum Gasteiger partial charge on any atom is 0.225 e. The fraction of sp³-hybridized carbons (Fsp3) is 1.00. The molecular formula is C10H24N4O2S. The van der Waals surface area contributed by atoms with Gasteiger partial charge in [-0.1, -0.05) is 6.92 Å². The fourth-order valence-electron chi connectivity index (χ4n) is 1.65. The van der Waals surface area contributed by atoms with E-state index in [-0.39, 0.29) is 5.75 Å². The van der Waals surface area contributed by atoms with E-state index in [9.17, 15) is 8.42 Å². The number of nitrogens with one attached hydrogen (secondary N) is 2. The summed E-state index contributed by atoms with van der Waals surface area (Å²) >= 11 is 0. The maximum absolute atomic E-state index is 11.7. The normalized spacial score (nSPS) is 19.6. The van der Waals surface area contributed by atoms with Crippen molar-refractivity contribution in [3.8, 4) is 0 Å². The zero-order valence-corrected chi connectivity index (χ0v) is 11.6. The summed E-state index contributed by atoms with van der Waals surface area (Å²) in [5.74, 6) is 0.138. The number of hydrogen-bond donors (Lipinski definition) is 2. The second kappa shape index (κ2) is 7.27. The van der Waals surface area contributed by atoms with E-state index < -0.39 is 10.0 Å². The van der Waals surface area contributed by atoms with E-state index in [0.29, 0.717) is 6.54 Å². The highest BCUT2D eigenvalue weighted by Gasteiger charge is 2.19. The molecule has 7 heteroatoms. The molecule has 0 aromatic rings. The molecule has 17 heavy (non-hydrogen) atoms. The van der Waals surface area contributed by atoms with E-state index in [1.807, 2.05) is 7.05 Å². The molecule has 1 saturated heterocycles. The minimum absolute atomic E-state index is 0.138. The molecule has 0 aromatic carbocycles. The van der Waals surface area contributed by atoms with Crippen LogP contribution in [0.25, 0.3) is 0 Å². The third-order valence-electron chi connectivity index (χ3n) is 2.75. The van der Waals surface area contributed by atoms with Crippen LogP contribution in [0.15, 0.2) is 0 Å². The lowest BCUT2D eigenvalue weighted by Crippen LogP contribution is -2.53. The Bertz CT molecular complexity index is 299. The van der Waals surface area contributed by atoms with Crippen LogP contribution in [0.4, 0.5) is 0 Å². The predicted molar refractivity (Wildman–Crippen MR) is 69.2 cm³/mol.